The van der Waals surface area contributed by atoms with E-state index in [2.05, 4.69) is 13.8 Å². The van der Waals surface area contributed by atoms with Gasteiger partial charge >= 0.3 is 0 Å². The molecule has 18 heavy (non-hydrogen) atoms. The van der Waals surface area contributed by atoms with Crippen molar-refractivity contribution in [3.05, 3.63) is 35.6 Å². The van der Waals surface area contributed by atoms with Gasteiger partial charge in [0.25, 0.3) is 5.91 Å². The molecule has 0 aliphatic heterocycles. The fourth-order valence-corrected chi connectivity index (χ4v) is 2.02. The van der Waals surface area contributed by atoms with E-state index in [9.17, 15) is 9.18 Å². The van der Waals surface area contributed by atoms with Gasteiger partial charge in [-0.1, -0.05) is 26.0 Å². The van der Waals surface area contributed by atoms with Gasteiger partial charge in [0.15, 0.2) is 0 Å². The van der Waals surface area contributed by atoms with Crippen molar-refractivity contribution < 1.29 is 9.18 Å². The van der Waals surface area contributed by atoms with E-state index >= 15 is 0 Å². The Bertz CT molecular complexity index is 426. The molecule has 1 fully saturated rings. The Hall–Kier alpha value is -1.38. The molecular weight excluding hydrogens is 229 g/mol. The molecule has 1 aromatic rings. The molecule has 1 amide bonds. The predicted octanol–water partition coefficient (Wildman–Crippen LogP) is 3.48. The third kappa shape index (κ3) is 3.09. The van der Waals surface area contributed by atoms with Crippen molar-refractivity contribution in [1.29, 1.82) is 0 Å². The molecule has 1 aliphatic carbocycles. The minimum absolute atomic E-state index is 0.156. The Kier molecular flexibility index (Phi) is 4.00. The smallest absolute Gasteiger partial charge is 0.257 e. The average molecular weight is 249 g/mol. The summed E-state index contributed by atoms with van der Waals surface area (Å²) in [5.74, 6) is -0.0198. The number of hydrogen-bond acceptors (Lipinski definition) is 1. The number of carbonyl (C=O) groups is 1. The SMILES string of the molecule is CC(C)CCN(C(=O)c1ccccc1F)C1CC1. The third-order valence-corrected chi connectivity index (χ3v) is 3.30. The number of benzene rings is 1. The van der Waals surface area contributed by atoms with Crippen LogP contribution in [0, 0.1) is 11.7 Å². The maximum Gasteiger partial charge on any atom is 0.257 e. The molecule has 0 saturated heterocycles. The van der Waals surface area contributed by atoms with Crippen molar-refractivity contribution in [3.63, 3.8) is 0 Å². The fourth-order valence-electron chi connectivity index (χ4n) is 2.02. The number of hydrogen-bond donors (Lipinski definition) is 0. The van der Waals surface area contributed by atoms with E-state index in [1.54, 1.807) is 18.2 Å². The Morgan fingerprint density at radius 1 is 1.39 bits per heavy atom. The molecule has 0 atom stereocenters. The van der Waals surface area contributed by atoms with Gasteiger partial charge in [0, 0.05) is 12.6 Å². The molecule has 0 unspecified atom stereocenters. The molecular formula is C15H20FNO. The summed E-state index contributed by atoms with van der Waals surface area (Å²) >= 11 is 0. The first kappa shape index (κ1) is 13.1. The van der Waals surface area contributed by atoms with Gasteiger partial charge in [-0.3, -0.25) is 4.79 Å². The maximum absolute atomic E-state index is 13.6. The van der Waals surface area contributed by atoms with Crippen molar-refractivity contribution in [2.24, 2.45) is 5.92 Å². The fraction of sp³-hybridized carbons (Fsp3) is 0.533. The Balaban J connectivity index is 2.11. The monoisotopic (exact) mass is 249 g/mol. The molecule has 1 aromatic carbocycles. The number of rotatable bonds is 5. The van der Waals surface area contributed by atoms with E-state index in [0.29, 0.717) is 12.0 Å². The van der Waals surface area contributed by atoms with Gasteiger partial charge in [-0.15, -0.1) is 0 Å². The minimum Gasteiger partial charge on any atom is -0.336 e. The molecule has 0 spiro atoms. The minimum atomic E-state index is -0.419. The van der Waals surface area contributed by atoms with Crippen LogP contribution in [0.1, 0.15) is 43.5 Å². The third-order valence-electron chi connectivity index (χ3n) is 3.30. The summed E-state index contributed by atoms with van der Waals surface area (Å²) in [6, 6.07) is 6.57. The van der Waals surface area contributed by atoms with Crippen LogP contribution in [0.25, 0.3) is 0 Å². The molecule has 1 saturated carbocycles. The largest absolute Gasteiger partial charge is 0.336 e. The maximum atomic E-state index is 13.6. The molecule has 0 radical (unpaired) electrons. The number of amides is 1. The number of nitrogens with zero attached hydrogens (tertiary/aromatic N) is 1. The van der Waals surface area contributed by atoms with Crippen molar-refractivity contribution in [2.45, 2.75) is 39.2 Å². The summed E-state index contributed by atoms with van der Waals surface area (Å²) in [6.45, 7) is 5.01. The van der Waals surface area contributed by atoms with Gasteiger partial charge < -0.3 is 4.90 Å². The van der Waals surface area contributed by atoms with E-state index in [1.165, 1.54) is 6.07 Å². The van der Waals surface area contributed by atoms with E-state index in [0.717, 1.165) is 25.8 Å². The zero-order chi connectivity index (χ0) is 13.1. The topological polar surface area (TPSA) is 20.3 Å². The lowest BCUT2D eigenvalue weighted by atomic mass is 10.1. The number of carbonyl (C=O) groups excluding carboxylic acids is 1. The van der Waals surface area contributed by atoms with Crippen LogP contribution in [-0.2, 0) is 0 Å². The zero-order valence-corrected chi connectivity index (χ0v) is 11.0. The first-order chi connectivity index (χ1) is 8.59. The van der Waals surface area contributed by atoms with Crippen LogP contribution in [0.15, 0.2) is 24.3 Å². The highest BCUT2D eigenvalue weighted by molar-refractivity contribution is 5.94. The van der Waals surface area contributed by atoms with E-state index in [4.69, 9.17) is 0 Å². The van der Waals surface area contributed by atoms with Gasteiger partial charge in [0.05, 0.1) is 5.56 Å². The lowest BCUT2D eigenvalue weighted by Crippen LogP contribution is -2.35. The van der Waals surface area contributed by atoms with Crippen molar-refractivity contribution in [1.82, 2.24) is 4.90 Å². The summed E-state index contributed by atoms with van der Waals surface area (Å²) in [6.07, 6.45) is 3.08. The van der Waals surface area contributed by atoms with Crippen LogP contribution in [-0.4, -0.2) is 23.4 Å². The molecule has 1 aliphatic rings. The summed E-state index contributed by atoms with van der Waals surface area (Å²) in [5.41, 5.74) is 0.202. The molecule has 0 bridgehead atoms. The van der Waals surface area contributed by atoms with Gasteiger partial charge in [-0.05, 0) is 37.3 Å². The second-order valence-corrected chi connectivity index (χ2v) is 5.39. The molecule has 3 heteroatoms. The second-order valence-electron chi connectivity index (χ2n) is 5.39. The summed E-state index contributed by atoms with van der Waals surface area (Å²) in [4.78, 5) is 14.2. The Morgan fingerprint density at radius 3 is 2.61 bits per heavy atom. The highest BCUT2D eigenvalue weighted by atomic mass is 19.1. The van der Waals surface area contributed by atoms with E-state index in [-0.39, 0.29) is 11.5 Å². The van der Waals surface area contributed by atoms with Crippen LogP contribution >= 0.6 is 0 Å². The van der Waals surface area contributed by atoms with Crippen LogP contribution < -0.4 is 0 Å². The second kappa shape index (κ2) is 5.51. The zero-order valence-electron chi connectivity index (χ0n) is 11.0. The molecule has 0 heterocycles. The summed E-state index contributed by atoms with van der Waals surface area (Å²) < 4.78 is 13.6. The first-order valence-corrected chi connectivity index (χ1v) is 6.65. The standard InChI is InChI=1S/C15H20FNO/c1-11(2)9-10-17(12-7-8-12)15(18)13-5-3-4-6-14(13)16/h3-6,11-12H,7-10H2,1-2H3. The molecule has 98 valence electrons. The summed E-state index contributed by atoms with van der Waals surface area (Å²) in [5, 5.41) is 0. The highest BCUT2D eigenvalue weighted by Gasteiger charge is 2.33. The molecule has 0 N–H and O–H groups in total. The highest BCUT2D eigenvalue weighted by Crippen LogP contribution is 2.29. The Labute approximate surface area is 108 Å². The normalized spacial score (nSPS) is 14.9. The van der Waals surface area contributed by atoms with Crippen LogP contribution in [0.5, 0.6) is 0 Å². The van der Waals surface area contributed by atoms with Crippen molar-refractivity contribution >= 4 is 5.91 Å². The van der Waals surface area contributed by atoms with E-state index in [1.807, 2.05) is 4.90 Å². The van der Waals surface area contributed by atoms with Crippen LogP contribution in [0.4, 0.5) is 4.39 Å². The Morgan fingerprint density at radius 2 is 2.06 bits per heavy atom. The van der Waals surface area contributed by atoms with E-state index < -0.39 is 5.82 Å². The van der Waals surface area contributed by atoms with Gasteiger partial charge in [0.2, 0.25) is 0 Å². The van der Waals surface area contributed by atoms with Crippen LogP contribution in [0.2, 0.25) is 0 Å². The van der Waals surface area contributed by atoms with Gasteiger partial charge in [-0.2, -0.15) is 0 Å². The van der Waals surface area contributed by atoms with Crippen molar-refractivity contribution in [3.8, 4) is 0 Å². The number of halogens is 1. The predicted molar refractivity (Wildman–Crippen MR) is 69.9 cm³/mol. The summed E-state index contributed by atoms with van der Waals surface area (Å²) in [7, 11) is 0. The average Bonchev–Trinajstić information content (AvgIpc) is 3.13. The molecule has 2 rings (SSSR count). The lowest BCUT2D eigenvalue weighted by molar-refractivity contribution is 0.0730. The quantitative estimate of drug-likeness (QED) is 0.782. The van der Waals surface area contributed by atoms with Crippen molar-refractivity contribution in [2.75, 3.05) is 6.54 Å². The van der Waals surface area contributed by atoms with Crippen LogP contribution in [0.3, 0.4) is 0 Å². The first-order valence-electron chi connectivity index (χ1n) is 6.65. The lowest BCUT2D eigenvalue weighted by Gasteiger charge is -2.23. The van der Waals surface area contributed by atoms with Gasteiger partial charge in [0.1, 0.15) is 5.82 Å². The van der Waals surface area contributed by atoms with Gasteiger partial charge in [-0.25, -0.2) is 4.39 Å². The molecule has 0 aromatic heterocycles. The molecule has 2 nitrogen and oxygen atoms in total.